The van der Waals surface area contributed by atoms with Gasteiger partial charge in [0.1, 0.15) is 4.88 Å². The Hall–Kier alpha value is -0.950. The second-order valence-electron chi connectivity index (χ2n) is 3.55. The van der Waals surface area contributed by atoms with Crippen LogP contribution in [0.4, 0.5) is 0 Å². The number of carbonyl (C=O) groups excluding carboxylic acids is 1. The number of nitrogens with one attached hydrogen (secondary N) is 1. The van der Waals surface area contributed by atoms with E-state index in [1.807, 2.05) is 37.3 Å². The van der Waals surface area contributed by atoms with Crippen LogP contribution >= 0.6 is 33.9 Å². The molecule has 0 aliphatic heterocycles. The highest BCUT2D eigenvalue weighted by Crippen LogP contribution is 2.19. The zero-order valence-corrected chi connectivity index (χ0v) is 12.2. The molecule has 0 saturated heterocycles. The minimum Gasteiger partial charge on any atom is -0.347 e. The Balaban J connectivity index is 2.01. The van der Waals surface area contributed by atoms with E-state index in [1.165, 1.54) is 11.3 Å². The van der Waals surface area contributed by atoms with Gasteiger partial charge in [-0.25, -0.2) is 4.98 Å². The van der Waals surface area contributed by atoms with Gasteiger partial charge in [-0.2, -0.15) is 0 Å². The van der Waals surface area contributed by atoms with Gasteiger partial charge in [-0.3, -0.25) is 4.79 Å². The highest BCUT2D eigenvalue weighted by molar-refractivity contribution is 14.1. The van der Waals surface area contributed by atoms with Crippen molar-refractivity contribution >= 4 is 39.8 Å². The van der Waals surface area contributed by atoms with Crippen LogP contribution in [0, 0.1) is 9.94 Å². The molecule has 0 bridgehead atoms. The maximum Gasteiger partial charge on any atom is 0.263 e. The monoisotopic (exact) mass is 358 g/mol. The van der Waals surface area contributed by atoms with Crippen molar-refractivity contribution in [2.75, 3.05) is 0 Å². The molecule has 2 rings (SSSR count). The molecule has 1 aromatic carbocycles. The van der Waals surface area contributed by atoms with E-state index in [0.29, 0.717) is 11.4 Å². The molecular formula is C12H11IN2OS. The van der Waals surface area contributed by atoms with E-state index in [1.54, 1.807) is 0 Å². The minimum atomic E-state index is -0.0493. The maximum atomic E-state index is 11.9. The van der Waals surface area contributed by atoms with Gasteiger partial charge in [0.05, 0.1) is 5.69 Å². The van der Waals surface area contributed by atoms with Crippen molar-refractivity contribution in [1.29, 1.82) is 0 Å². The van der Waals surface area contributed by atoms with E-state index in [4.69, 9.17) is 0 Å². The van der Waals surface area contributed by atoms with E-state index in [9.17, 15) is 4.79 Å². The van der Waals surface area contributed by atoms with Crippen LogP contribution in [0.5, 0.6) is 0 Å². The van der Waals surface area contributed by atoms with Crippen molar-refractivity contribution in [3.8, 4) is 0 Å². The average Bonchev–Trinajstić information content (AvgIpc) is 2.67. The molecule has 17 heavy (non-hydrogen) atoms. The molecule has 2 aromatic rings. The number of aromatic nitrogens is 1. The van der Waals surface area contributed by atoms with Crippen molar-refractivity contribution < 1.29 is 4.79 Å². The third kappa shape index (κ3) is 3.26. The van der Waals surface area contributed by atoms with Gasteiger partial charge < -0.3 is 5.32 Å². The standard InChI is InChI=1S/C12H11IN2OS/c1-8-10(17-12(13)15-8)11(16)14-7-9-5-3-2-4-6-9/h2-6H,7H2,1H3,(H,14,16). The third-order valence-electron chi connectivity index (χ3n) is 2.27. The van der Waals surface area contributed by atoms with Crippen LogP contribution in [0.2, 0.25) is 0 Å². The summed E-state index contributed by atoms with van der Waals surface area (Å²) in [6.07, 6.45) is 0. The molecule has 0 fully saturated rings. The number of nitrogens with zero attached hydrogens (tertiary/aromatic N) is 1. The molecule has 0 unspecified atom stereocenters. The zero-order chi connectivity index (χ0) is 12.3. The van der Waals surface area contributed by atoms with Crippen LogP contribution in [0.15, 0.2) is 30.3 Å². The number of halogens is 1. The number of hydrogen-bond donors (Lipinski definition) is 1. The number of rotatable bonds is 3. The van der Waals surface area contributed by atoms with Crippen LogP contribution in [-0.4, -0.2) is 10.9 Å². The Morgan fingerprint density at radius 1 is 1.41 bits per heavy atom. The Morgan fingerprint density at radius 2 is 2.12 bits per heavy atom. The minimum absolute atomic E-state index is 0.0493. The predicted molar refractivity (Wildman–Crippen MR) is 77.2 cm³/mol. The van der Waals surface area contributed by atoms with Crippen LogP contribution in [0.1, 0.15) is 20.9 Å². The highest BCUT2D eigenvalue weighted by atomic mass is 127. The fourth-order valence-corrected chi connectivity index (χ4v) is 3.16. The van der Waals surface area contributed by atoms with Gasteiger partial charge in [0, 0.05) is 6.54 Å². The molecule has 0 atom stereocenters. The molecule has 5 heteroatoms. The Bertz CT molecular complexity index is 525. The van der Waals surface area contributed by atoms with E-state index >= 15 is 0 Å². The zero-order valence-electron chi connectivity index (χ0n) is 9.24. The molecule has 0 aliphatic carbocycles. The highest BCUT2D eigenvalue weighted by Gasteiger charge is 2.13. The largest absolute Gasteiger partial charge is 0.347 e. The van der Waals surface area contributed by atoms with E-state index in [0.717, 1.165) is 14.3 Å². The summed E-state index contributed by atoms with van der Waals surface area (Å²) in [5.74, 6) is -0.0493. The lowest BCUT2D eigenvalue weighted by Crippen LogP contribution is -2.22. The number of benzene rings is 1. The van der Waals surface area contributed by atoms with Crippen molar-refractivity contribution in [3.05, 3.63) is 49.5 Å². The van der Waals surface area contributed by atoms with Crippen molar-refractivity contribution in [2.45, 2.75) is 13.5 Å². The Morgan fingerprint density at radius 3 is 2.71 bits per heavy atom. The normalized spacial score (nSPS) is 10.2. The number of aryl methyl sites for hydroxylation is 1. The van der Waals surface area contributed by atoms with Crippen molar-refractivity contribution in [3.63, 3.8) is 0 Å². The molecule has 0 aliphatic rings. The first kappa shape index (κ1) is 12.5. The lowest BCUT2D eigenvalue weighted by Gasteiger charge is -2.03. The van der Waals surface area contributed by atoms with Crippen molar-refractivity contribution in [2.24, 2.45) is 0 Å². The van der Waals surface area contributed by atoms with Gasteiger partial charge in [0.15, 0.2) is 3.01 Å². The van der Waals surface area contributed by atoms with Crippen LogP contribution in [0.25, 0.3) is 0 Å². The Kier molecular flexibility index (Phi) is 4.11. The van der Waals surface area contributed by atoms with Crippen LogP contribution in [-0.2, 0) is 6.54 Å². The van der Waals surface area contributed by atoms with E-state index < -0.39 is 0 Å². The van der Waals surface area contributed by atoms with Gasteiger partial charge in [-0.1, -0.05) is 30.3 Å². The van der Waals surface area contributed by atoms with Gasteiger partial charge in [0.2, 0.25) is 0 Å². The average molecular weight is 358 g/mol. The molecule has 0 spiro atoms. The second-order valence-corrected chi connectivity index (χ2v) is 6.30. The lowest BCUT2D eigenvalue weighted by atomic mass is 10.2. The summed E-state index contributed by atoms with van der Waals surface area (Å²) in [4.78, 5) is 16.8. The van der Waals surface area contributed by atoms with Gasteiger partial charge in [-0.05, 0) is 35.1 Å². The van der Waals surface area contributed by atoms with Gasteiger partial charge in [0.25, 0.3) is 5.91 Å². The maximum absolute atomic E-state index is 11.9. The Labute approximate surface area is 117 Å². The molecule has 0 radical (unpaired) electrons. The summed E-state index contributed by atoms with van der Waals surface area (Å²) >= 11 is 3.55. The number of amides is 1. The first-order chi connectivity index (χ1) is 8.16. The summed E-state index contributed by atoms with van der Waals surface area (Å²) in [5, 5.41) is 2.90. The number of hydrogen-bond acceptors (Lipinski definition) is 3. The fourth-order valence-electron chi connectivity index (χ4n) is 1.43. The van der Waals surface area contributed by atoms with E-state index in [2.05, 4.69) is 32.9 Å². The molecule has 1 aromatic heterocycles. The number of carbonyl (C=O) groups is 1. The predicted octanol–water partition coefficient (Wildman–Crippen LogP) is 2.99. The summed E-state index contributed by atoms with van der Waals surface area (Å²) in [5.41, 5.74) is 1.89. The quantitative estimate of drug-likeness (QED) is 0.858. The molecule has 0 saturated carbocycles. The topological polar surface area (TPSA) is 42.0 Å². The molecule has 1 N–H and O–H groups in total. The van der Waals surface area contributed by atoms with Crippen LogP contribution in [0.3, 0.4) is 0 Å². The smallest absolute Gasteiger partial charge is 0.263 e. The molecule has 88 valence electrons. The summed E-state index contributed by atoms with van der Waals surface area (Å²) < 4.78 is 0.893. The van der Waals surface area contributed by atoms with Gasteiger partial charge >= 0.3 is 0 Å². The third-order valence-corrected chi connectivity index (χ3v) is 4.12. The molecule has 1 heterocycles. The van der Waals surface area contributed by atoms with Crippen molar-refractivity contribution in [1.82, 2.24) is 10.3 Å². The SMILES string of the molecule is Cc1nc(I)sc1C(=O)NCc1ccccc1. The van der Waals surface area contributed by atoms with E-state index in [-0.39, 0.29) is 5.91 Å². The first-order valence-electron chi connectivity index (χ1n) is 5.12. The fraction of sp³-hybridized carbons (Fsp3) is 0.167. The molecule has 1 amide bonds. The lowest BCUT2D eigenvalue weighted by molar-refractivity contribution is 0.0954. The molecule has 3 nitrogen and oxygen atoms in total. The second kappa shape index (κ2) is 5.59. The van der Waals surface area contributed by atoms with Crippen LogP contribution < -0.4 is 5.32 Å². The number of thiazole rings is 1. The molecular weight excluding hydrogens is 347 g/mol. The summed E-state index contributed by atoms with van der Waals surface area (Å²) in [7, 11) is 0. The first-order valence-corrected chi connectivity index (χ1v) is 7.01. The summed E-state index contributed by atoms with van der Waals surface area (Å²) in [6, 6.07) is 9.86. The summed E-state index contributed by atoms with van der Waals surface area (Å²) in [6.45, 7) is 2.41. The van der Waals surface area contributed by atoms with Gasteiger partial charge in [-0.15, -0.1) is 11.3 Å².